The summed E-state index contributed by atoms with van der Waals surface area (Å²) in [7, 11) is -3.72. The van der Waals surface area contributed by atoms with Gasteiger partial charge in [-0.15, -0.1) is 0 Å². The lowest BCUT2D eigenvalue weighted by Crippen LogP contribution is -2.51. The normalized spacial score (nSPS) is 25.8. The first-order valence-electron chi connectivity index (χ1n) is 8.68. The number of carbonyl (C=O) groups excluding carboxylic acids is 1. The summed E-state index contributed by atoms with van der Waals surface area (Å²) < 4.78 is 39.9. The van der Waals surface area contributed by atoms with E-state index in [2.05, 4.69) is 0 Å². The van der Waals surface area contributed by atoms with E-state index in [1.807, 2.05) is 0 Å². The molecule has 0 bridgehead atoms. The Hall–Kier alpha value is -1.51. The van der Waals surface area contributed by atoms with Crippen LogP contribution in [0.1, 0.15) is 25.7 Å². The summed E-state index contributed by atoms with van der Waals surface area (Å²) in [5.41, 5.74) is 5.95. The Balaban J connectivity index is 1.72. The van der Waals surface area contributed by atoms with E-state index in [4.69, 9.17) is 5.73 Å². The van der Waals surface area contributed by atoms with Gasteiger partial charge in [-0.05, 0) is 49.9 Å². The average molecular weight is 369 g/mol. The van der Waals surface area contributed by atoms with Crippen LogP contribution >= 0.6 is 0 Å². The summed E-state index contributed by atoms with van der Waals surface area (Å²) in [6.45, 7) is 1.78. The van der Waals surface area contributed by atoms with E-state index in [9.17, 15) is 17.6 Å². The van der Waals surface area contributed by atoms with Crippen molar-refractivity contribution in [1.82, 2.24) is 9.21 Å². The molecule has 0 aliphatic carbocycles. The number of carbonyl (C=O) groups is 1. The zero-order valence-corrected chi connectivity index (χ0v) is 14.9. The number of benzene rings is 1. The number of nitrogens with two attached hydrogens (primary N) is 1. The Morgan fingerprint density at radius 2 is 1.76 bits per heavy atom. The molecule has 3 rings (SSSR count). The highest BCUT2D eigenvalue weighted by atomic mass is 32.2. The molecule has 2 N–H and O–H groups in total. The van der Waals surface area contributed by atoms with Crippen LogP contribution < -0.4 is 5.73 Å². The molecule has 0 aromatic heterocycles. The first kappa shape index (κ1) is 18.3. The van der Waals surface area contributed by atoms with Crippen LogP contribution in [0.3, 0.4) is 0 Å². The fourth-order valence-electron chi connectivity index (χ4n) is 3.59. The molecule has 1 amide bonds. The van der Waals surface area contributed by atoms with Crippen LogP contribution in [0.15, 0.2) is 29.2 Å². The van der Waals surface area contributed by atoms with E-state index < -0.39 is 15.8 Å². The van der Waals surface area contributed by atoms with Gasteiger partial charge in [-0.2, -0.15) is 4.31 Å². The Labute approximate surface area is 147 Å². The Kier molecular flexibility index (Phi) is 5.41. The minimum atomic E-state index is -3.72. The molecule has 2 aliphatic rings. The maximum Gasteiger partial charge on any atom is 0.243 e. The molecule has 0 spiro atoms. The smallest absolute Gasteiger partial charge is 0.243 e. The largest absolute Gasteiger partial charge is 0.341 e. The van der Waals surface area contributed by atoms with Crippen LogP contribution in [-0.4, -0.2) is 55.8 Å². The molecule has 2 atom stereocenters. The van der Waals surface area contributed by atoms with Gasteiger partial charge < -0.3 is 10.6 Å². The van der Waals surface area contributed by atoms with Gasteiger partial charge in [0.05, 0.1) is 10.8 Å². The van der Waals surface area contributed by atoms with Gasteiger partial charge in [0.25, 0.3) is 0 Å². The van der Waals surface area contributed by atoms with Gasteiger partial charge in [0.2, 0.25) is 15.9 Å². The molecule has 2 aliphatic heterocycles. The van der Waals surface area contributed by atoms with Crippen molar-refractivity contribution in [2.75, 3.05) is 26.2 Å². The number of sulfonamides is 1. The quantitative estimate of drug-likeness (QED) is 0.867. The van der Waals surface area contributed by atoms with E-state index in [0.717, 1.165) is 25.0 Å². The average Bonchev–Trinajstić information content (AvgIpc) is 2.61. The van der Waals surface area contributed by atoms with Gasteiger partial charge in [0, 0.05) is 32.2 Å². The SMILES string of the molecule is NC1CCCN(C(=O)C2CCCN(S(=O)(=O)c3ccc(F)cc3)C2)C1. The number of rotatable bonds is 3. The maximum atomic E-state index is 13.1. The molecule has 138 valence electrons. The third-order valence-corrected chi connectivity index (χ3v) is 6.83. The summed E-state index contributed by atoms with van der Waals surface area (Å²) in [5, 5.41) is 0. The third kappa shape index (κ3) is 4.02. The molecule has 8 heteroatoms. The molecule has 1 aromatic carbocycles. The van der Waals surface area contributed by atoms with E-state index in [1.165, 1.54) is 16.4 Å². The van der Waals surface area contributed by atoms with Crippen LogP contribution in [-0.2, 0) is 14.8 Å². The van der Waals surface area contributed by atoms with Crippen molar-refractivity contribution in [3.8, 4) is 0 Å². The number of halogens is 1. The second kappa shape index (κ2) is 7.39. The van der Waals surface area contributed by atoms with Crippen molar-refractivity contribution < 1.29 is 17.6 Å². The zero-order valence-electron chi connectivity index (χ0n) is 14.1. The fourth-order valence-corrected chi connectivity index (χ4v) is 5.11. The lowest BCUT2D eigenvalue weighted by Gasteiger charge is -2.37. The third-order valence-electron chi connectivity index (χ3n) is 4.95. The highest BCUT2D eigenvalue weighted by Gasteiger charge is 2.35. The van der Waals surface area contributed by atoms with Crippen molar-refractivity contribution in [1.29, 1.82) is 0 Å². The van der Waals surface area contributed by atoms with E-state index in [0.29, 0.717) is 32.5 Å². The summed E-state index contributed by atoms with van der Waals surface area (Å²) in [5.74, 6) is -0.824. The zero-order chi connectivity index (χ0) is 18.0. The molecule has 2 unspecified atom stereocenters. The van der Waals surface area contributed by atoms with Crippen LogP contribution in [0.4, 0.5) is 4.39 Å². The van der Waals surface area contributed by atoms with Crippen molar-refractivity contribution in [3.05, 3.63) is 30.1 Å². The molecule has 2 fully saturated rings. The molecule has 2 saturated heterocycles. The van der Waals surface area contributed by atoms with Crippen LogP contribution in [0.2, 0.25) is 0 Å². The highest BCUT2D eigenvalue weighted by molar-refractivity contribution is 7.89. The van der Waals surface area contributed by atoms with Crippen molar-refractivity contribution in [2.45, 2.75) is 36.6 Å². The van der Waals surface area contributed by atoms with E-state index >= 15 is 0 Å². The monoisotopic (exact) mass is 369 g/mol. The van der Waals surface area contributed by atoms with Crippen molar-refractivity contribution in [2.24, 2.45) is 11.7 Å². The number of nitrogens with zero attached hydrogens (tertiary/aromatic N) is 2. The van der Waals surface area contributed by atoms with Crippen molar-refractivity contribution >= 4 is 15.9 Å². The topological polar surface area (TPSA) is 83.7 Å². The Bertz CT molecular complexity index is 723. The van der Waals surface area contributed by atoms with Crippen LogP contribution in [0, 0.1) is 11.7 Å². The van der Waals surface area contributed by atoms with Crippen LogP contribution in [0.5, 0.6) is 0 Å². The van der Waals surface area contributed by atoms with E-state index in [-0.39, 0.29) is 29.3 Å². The van der Waals surface area contributed by atoms with Gasteiger partial charge in [-0.1, -0.05) is 0 Å². The summed E-state index contributed by atoms with van der Waals surface area (Å²) in [6.07, 6.45) is 3.12. The number of likely N-dealkylation sites (tertiary alicyclic amines) is 1. The van der Waals surface area contributed by atoms with E-state index in [1.54, 1.807) is 4.90 Å². The molecule has 1 aromatic rings. The maximum absolute atomic E-state index is 13.1. The molecule has 0 saturated carbocycles. The molecule has 2 heterocycles. The van der Waals surface area contributed by atoms with Gasteiger partial charge >= 0.3 is 0 Å². The molecule has 6 nitrogen and oxygen atoms in total. The summed E-state index contributed by atoms with van der Waals surface area (Å²) in [4.78, 5) is 14.6. The molecule has 0 radical (unpaired) electrons. The lowest BCUT2D eigenvalue weighted by molar-refractivity contribution is -0.137. The first-order valence-corrected chi connectivity index (χ1v) is 10.1. The minimum absolute atomic E-state index is 0.000316. The predicted molar refractivity (Wildman–Crippen MR) is 91.7 cm³/mol. The number of hydrogen-bond donors (Lipinski definition) is 1. The number of hydrogen-bond acceptors (Lipinski definition) is 4. The molecular formula is C17H24FN3O3S. The second-order valence-electron chi connectivity index (χ2n) is 6.84. The number of amides is 1. The Morgan fingerprint density at radius 3 is 2.44 bits per heavy atom. The molecule has 25 heavy (non-hydrogen) atoms. The number of piperidine rings is 2. The second-order valence-corrected chi connectivity index (χ2v) is 8.78. The Morgan fingerprint density at radius 1 is 1.08 bits per heavy atom. The van der Waals surface area contributed by atoms with Gasteiger partial charge in [0.1, 0.15) is 5.82 Å². The van der Waals surface area contributed by atoms with Gasteiger partial charge in [0.15, 0.2) is 0 Å². The minimum Gasteiger partial charge on any atom is -0.341 e. The molecular weight excluding hydrogens is 345 g/mol. The lowest BCUT2D eigenvalue weighted by atomic mass is 9.96. The standard InChI is InChI=1S/C17H24FN3O3S/c18-14-5-7-16(8-6-14)25(23,24)21-10-1-3-13(11-21)17(22)20-9-2-4-15(19)12-20/h5-8,13,15H,1-4,9-12,19H2. The van der Waals surface area contributed by atoms with Gasteiger partial charge in [-0.3, -0.25) is 4.79 Å². The summed E-state index contributed by atoms with van der Waals surface area (Å²) >= 11 is 0. The fraction of sp³-hybridized carbons (Fsp3) is 0.588. The van der Waals surface area contributed by atoms with Crippen molar-refractivity contribution in [3.63, 3.8) is 0 Å². The first-order chi connectivity index (χ1) is 11.9. The van der Waals surface area contributed by atoms with Crippen LogP contribution in [0.25, 0.3) is 0 Å². The summed E-state index contributed by atoms with van der Waals surface area (Å²) in [6, 6.07) is 4.79. The van der Waals surface area contributed by atoms with Gasteiger partial charge in [-0.25, -0.2) is 12.8 Å². The highest BCUT2D eigenvalue weighted by Crippen LogP contribution is 2.26. The predicted octanol–water partition coefficient (Wildman–Crippen LogP) is 1.18.